The Bertz CT molecular complexity index is 714. The molecule has 1 aliphatic heterocycles. The van der Waals surface area contributed by atoms with Crippen LogP contribution in [-0.4, -0.2) is 43.4 Å². The molecule has 1 unspecified atom stereocenters. The highest BCUT2D eigenvalue weighted by molar-refractivity contribution is 5.42. The van der Waals surface area contributed by atoms with Gasteiger partial charge < -0.3 is 14.4 Å². The van der Waals surface area contributed by atoms with Crippen LogP contribution in [0.3, 0.4) is 0 Å². The second-order valence-electron chi connectivity index (χ2n) is 7.31. The van der Waals surface area contributed by atoms with E-state index in [1.165, 1.54) is 17.5 Å². The van der Waals surface area contributed by atoms with Crippen molar-refractivity contribution >= 4 is 5.82 Å². The normalized spacial score (nSPS) is 21.6. The maximum absolute atomic E-state index is 6.12. The molecule has 5 heteroatoms. The minimum atomic E-state index is 0.199. The summed E-state index contributed by atoms with van der Waals surface area (Å²) in [6.07, 6.45) is 10.2. The molecule has 1 atom stereocenters. The second-order valence-corrected chi connectivity index (χ2v) is 7.31. The molecule has 1 spiro atoms. The molecule has 0 amide bonds. The summed E-state index contributed by atoms with van der Waals surface area (Å²) in [6.45, 7) is 3.37. The molecule has 1 aromatic carbocycles. The van der Waals surface area contributed by atoms with Gasteiger partial charge in [0.2, 0.25) is 0 Å². The van der Waals surface area contributed by atoms with E-state index in [1.807, 2.05) is 6.20 Å². The maximum atomic E-state index is 6.12. The summed E-state index contributed by atoms with van der Waals surface area (Å²) >= 11 is 0. The fraction of sp³-hybridized carbons (Fsp3) is 0.524. The van der Waals surface area contributed by atoms with E-state index < -0.39 is 0 Å². The van der Waals surface area contributed by atoms with E-state index in [1.54, 1.807) is 19.5 Å². The first-order chi connectivity index (χ1) is 12.8. The molecular formula is C21H27N3O2. The van der Waals surface area contributed by atoms with Gasteiger partial charge in [0.25, 0.3) is 0 Å². The molecule has 1 aliphatic carbocycles. The van der Waals surface area contributed by atoms with Gasteiger partial charge in [0.15, 0.2) is 0 Å². The largest absolute Gasteiger partial charge is 0.382 e. The predicted molar refractivity (Wildman–Crippen MR) is 101 cm³/mol. The summed E-state index contributed by atoms with van der Waals surface area (Å²) in [5.74, 6) is 0.993. The molecule has 2 aromatic rings. The number of anilines is 1. The molecule has 1 saturated heterocycles. The number of fused-ring (bicyclic) bond motifs is 2. The molecule has 0 saturated carbocycles. The van der Waals surface area contributed by atoms with E-state index in [0.29, 0.717) is 13.2 Å². The molecule has 2 heterocycles. The minimum absolute atomic E-state index is 0.199. The van der Waals surface area contributed by atoms with Gasteiger partial charge in [-0.15, -0.1) is 0 Å². The Kier molecular flexibility index (Phi) is 5.18. The first-order valence-electron chi connectivity index (χ1n) is 9.53. The molecule has 0 N–H and O–H groups in total. The second kappa shape index (κ2) is 7.72. The SMILES string of the molecule is COCCOC1CCC2(CCN(c3cnccn3)CC2)c2ccccc21. The van der Waals surface area contributed by atoms with Crippen LogP contribution in [0.2, 0.25) is 0 Å². The van der Waals surface area contributed by atoms with E-state index in [9.17, 15) is 0 Å². The molecule has 2 aliphatic rings. The molecule has 0 radical (unpaired) electrons. The number of hydrogen-bond acceptors (Lipinski definition) is 5. The minimum Gasteiger partial charge on any atom is -0.382 e. The molecule has 26 heavy (non-hydrogen) atoms. The molecular weight excluding hydrogens is 326 g/mol. The Hall–Kier alpha value is -1.98. The highest BCUT2D eigenvalue weighted by Crippen LogP contribution is 2.49. The van der Waals surface area contributed by atoms with Crippen LogP contribution in [0.15, 0.2) is 42.9 Å². The molecule has 0 bridgehead atoms. The number of aromatic nitrogens is 2. The van der Waals surface area contributed by atoms with Crippen molar-refractivity contribution in [2.75, 3.05) is 38.3 Å². The lowest BCUT2D eigenvalue weighted by atomic mass is 9.64. The van der Waals surface area contributed by atoms with Crippen LogP contribution in [-0.2, 0) is 14.9 Å². The lowest BCUT2D eigenvalue weighted by molar-refractivity contribution is 0.0000712. The van der Waals surface area contributed by atoms with Crippen LogP contribution in [0, 0.1) is 0 Å². The molecule has 5 nitrogen and oxygen atoms in total. The van der Waals surface area contributed by atoms with E-state index in [4.69, 9.17) is 9.47 Å². The molecule has 1 fully saturated rings. The Labute approximate surface area is 155 Å². The van der Waals surface area contributed by atoms with Gasteiger partial charge in [-0.1, -0.05) is 24.3 Å². The summed E-state index contributed by atoms with van der Waals surface area (Å²) < 4.78 is 11.3. The van der Waals surface area contributed by atoms with Gasteiger partial charge in [-0.3, -0.25) is 4.98 Å². The van der Waals surface area contributed by atoms with Gasteiger partial charge >= 0.3 is 0 Å². The third-order valence-electron chi connectivity index (χ3n) is 5.96. The smallest absolute Gasteiger partial charge is 0.147 e. The molecule has 4 rings (SSSR count). The molecule has 1 aromatic heterocycles. The third kappa shape index (κ3) is 3.33. The van der Waals surface area contributed by atoms with Crippen LogP contribution in [0.25, 0.3) is 0 Å². The fourth-order valence-corrected chi connectivity index (χ4v) is 4.54. The highest BCUT2D eigenvalue weighted by atomic mass is 16.5. The number of methoxy groups -OCH3 is 1. The average molecular weight is 353 g/mol. The topological polar surface area (TPSA) is 47.5 Å². The van der Waals surface area contributed by atoms with Crippen LogP contribution in [0.1, 0.15) is 42.9 Å². The number of rotatable bonds is 5. The van der Waals surface area contributed by atoms with Crippen molar-refractivity contribution in [1.29, 1.82) is 0 Å². The van der Waals surface area contributed by atoms with Gasteiger partial charge in [0.1, 0.15) is 5.82 Å². The number of benzene rings is 1. The van der Waals surface area contributed by atoms with E-state index in [-0.39, 0.29) is 11.5 Å². The quantitative estimate of drug-likeness (QED) is 0.770. The van der Waals surface area contributed by atoms with Crippen molar-refractivity contribution < 1.29 is 9.47 Å². The van der Waals surface area contributed by atoms with Crippen molar-refractivity contribution in [2.24, 2.45) is 0 Å². The number of ether oxygens (including phenoxy) is 2. The van der Waals surface area contributed by atoms with Gasteiger partial charge in [0.05, 0.1) is 25.5 Å². The first kappa shape index (κ1) is 17.4. The highest BCUT2D eigenvalue weighted by Gasteiger charge is 2.42. The number of nitrogens with zero attached hydrogens (tertiary/aromatic N) is 3. The van der Waals surface area contributed by atoms with Crippen LogP contribution in [0.4, 0.5) is 5.82 Å². The van der Waals surface area contributed by atoms with Gasteiger partial charge in [0, 0.05) is 32.6 Å². The maximum Gasteiger partial charge on any atom is 0.147 e. The Morgan fingerprint density at radius 1 is 1.12 bits per heavy atom. The summed E-state index contributed by atoms with van der Waals surface area (Å²) in [7, 11) is 1.72. The Balaban J connectivity index is 1.51. The monoisotopic (exact) mass is 353 g/mol. The standard InChI is InChI=1S/C21H27N3O2/c1-25-14-15-26-19-6-7-21(18-5-3-2-4-17(18)19)8-12-24(13-9-21)20-16-22-10-11-23-20/h2-5,10-11,16,19H,6-9,12-15H2,1H3. The zero-order valence-corrected chi connectivity index (χ0v) is 15.4. The zero-order chi connectivity index (χ0) is 17.8. The lowest BCUT2D eigenvalue weighted by Crippen LogP contribution is -2.45. The zero-order valence-electron chi connectivity index (χ0n) is 15.4. The molecule has 138 valence electrons. The van der Waals surface area contributed by atoms with E-state index >= 15 is 0 Å². The number of piperidine rings is 1. The van der Waals surface area contributed by atoms with Crippen molar-refractivity contribution in [1.82, 2.24) is 9.97 Å². The van der Waals surface area contributed by atoms with Gasteiger partial charge in [-0.25, -0.2) is 4.98 Å². The summed E-state index contributed by atoms with van der Waals surface area (Å²) in [4.78, 5) is 11.0. The van der Waals surface area contributed by atoms with Gasteiger partial charge in [-0.2, -0.15) is 0 Å². The lowest BCUT2D eigenvalue weighted by Gasteiger charge is -2.47. The van der Waals surface area contributed by atoms with Crippen LogP contribution < -0.4 is 4.90 Å². The summed E-state index contributed by atoms with van der Waals surface area (Å²) in [5, 5.41) is 0. The first-order valence-corrected chi connectivity index (χ1v) is 9.53. The van der Waals surface area contributed by atoms with Crippen molar-refractivity contribution in [2.45, 2.75) is 37.2 Å². The number of hydrogen-bond donors (Lipinski definition) is 0. The summed E-state index contributed by atoms with van der Waals surface area (Å²) in [5.41, 5.74) is 3.14. The van der Waals surface area contributed by atoms with Crippen molar-refractivity contribution in [3.05, 3.63) is 54.0 Å². The fourth-order valence-electron chi connectivity index (χ4n) is 4.54. The van der Waals surface area contributed by atoms with Crippen LogP contribution in [0.5, 0.6) is 0 Å². The van der Waals surface area contributed by atoms with Crippen molar-refractivity contribution in [3.63, 3.8) is 0 Å². The van der Waals surface area contributed by atoms with Crippen LogP contribution >= 0.6 is 0 Å². The Morgan fingerprint density at radius 3 is 2.73 bits per heavy atom. The van der Waals surface area contributed by atoms with Gasteiger partial charge in [-0.05, 0) is 42.2 Å². The predicted octanol–water partition coefficient (Wildman–Crippen LogP) is 3.51. The van der Waals surface area contributed by atoms with Crippen molar-refractivity contribution in [3.8, 4) is 0 Å². The Morgan fingerprint density at radius 2 is 1.96 bits per heavy atom. The van der Waals surface area contributed by atoms with E-state index in [0.717, 1.165) is 38.2 Å². The third-order valence-corrected chi connectivity index (χ3v) is 5.96. The van der Waals surface area contributed by atoms with E-state index in [2.05, 4.69) is 39.1 Å². The average Bonchev–Trinajstić information content (AvgIpc) is 2.71. The summed E-state index contributed by atoms with van der Waals surface area (Å²) in [6, 6.07) is 8.88.